The summed E-state index contributed by atoms with van der Waals surface area (Å²) in [4.78, 5) is 0. The maximum atomic E-state index is 13.1. The number of rotatable bonds is 11. The molecule has 0 amide bonds. The molecule has 0 aromatic carbocycles. The molecule has 0 heterocycles. The highest BCUT2D eigenvalue weighted by molar-refractivity contribution is 7.38. The van der Waals surface area contributed by atoms with Gasteiger partial charge in [0.15, 0.2) is 8.03 Å². The van der Waals surface area contributed by atoms with Crippen molar-refractivity contribution < 1.29 is 58.1 Å². The molecule has 146 valence electrons. The van der Waals surface area contributed by atoms with E-state index in [0.717, 1.165) is 0 Å². The van der Waals surface area contributed by atoms with E-state index < -0.39 is 52.0 Å². The molecule has 24 heavy (non-hydrogen) atoms. The molecule has 0 aliphatic heterocycles. The lowest BCUT2D eigenvalue weighted by Gasteiger charge is -2.28. The zero-order valence-electron chi connectivity index (χ0n) is 12.1. The summed E-state index contributed by atoms with van der Waals surface area (Å²) < 4.78 is 134. The van der Waals surface area contributed by atoms with Gasteiger partial charge in [-0.15, -0.1) is 0 Å². The third-order valence-electron chi connectivity index (χ3n) is 2.30. The number of hydrogen-bond acceptors (Lipinski definition) is 4. The smallest absolute Gasteiger partial charge is 0.375 e. The van der Waals surface area contributed by atoms with Crippen LogP contribution in [0.3, 0.4) is 0 Å². The monoisotopic (exact) mass is 400 g/mol. The molecule has 0 aromatic heterocycles. The Bertz CT molecular complexity index is 414. The highest BCUT2D eigenvalue weighted by Crippen LogP contribution is 2.40. The average molecular weight is 400 g/mol. The van der Waals surface area contributed by atoms with Crippen LogP contribution in [0.4, 0.5) is 39.5 Å². The molecule has 14 heteroatoms. The van der Waals surface area contributed by atoms with E-state index in [9.17, 15) is 44.1 Å². The molecule has 0 fully saturated rings. The fourth-order valence-corrected chi connectivity index (χ4v) is 1.46. The van der Waals surface area contributed by atoms with Crippen LogP contribution in [0.1, 0.15) is 6.42 Å². The van der Waals surface area contributed by atoms with Gasteiger partial charge in [-0.1, -0.05) is 0 Å². The molecule has 4 nitrogen and oxygen atoms in total. The molecule has 0 rings (SSSR count). The van der Waals surface area contributed by atoms with Crippen LogP contribution in [0.5, 0.6) is 0 Å². The van der Waals surface area contributed by atoms with Crippen molar-refractivity contribution in [1.29, 1.82) is 0 Å². The van der Waals surface area contributed by atoms with Crippen LogP contribution in [0.2, 0.25) is 0 Å². The molecular weight excluding hydrogens is 386 g/mol. The molecule has 0 bridgehead atoms. The first-order chi connectivity index (χ1) is 10.6. The van der Waals surface area contributed by atoms with E-state index in [1.54, 1.807) is 0 Å². The first-order valence-corrected chi connectivity index (χ1v) is 7.99. The Kier molecular flexibility index (Phi) is 8.54. The summed E-state index contributed by atoms with van der Waals surface area (Å²) in [7, 11) is -2.26. The minimum absolute atomic E-state index is 0.0844. The van der Waals surface area contributed by atoms with Crippen molar-refractivity contribution in [3.63, 3.8) is 0 Å². The second-order valence-electron chi connectivity index (χ2n) is 4.46. The molecular formula is C10H14F9O4P. The number of ether oxygens (including phenoxy) is 2. The van der Waals surface area contributed by atoms with Crippen LogP contribution in [0.15, 0.2) is 0 Å². The van der Waals surface area contributed by atoms with Crippen LogP contribution in [-0.4, -0.2) is 57.2 Å². The van der Waals surface area contributed by atoms with Crippen LogP contribution < -0.4 is 0 Å². The summed E-state index contributed by atoms with van der Waals surface area (Å²) in [6.07, 6.45) is -11.9. The minimum atomic E-state index is -6.23. The number of halogens is 9. The van der Waals surface area contributed by atoms with Crippen molar-refractivity contribution >= 4 is 8.03 Å². The van der Waals surface area contributed by atoms with Gasteiger partial charge >= 0.3 is 24.1 Å². The van der Waals surface area contributed by atoms with E-state index in [1.165, 1.54) is 6.66 Å². The molecule has 0 saturated heterocycles. The maximum absolute atomic E-state index is 13.1. The van der Waals surface area contributed by atoms with E-state index in [4.69, 9.17) is 0 Å². The molecule has 0 N–H and O–H groups in total. The van der Waals surface area contributed by atoms with Crippen LogP contribution in [0.25, 0.3) is 0 Å². The lowest BCUT2D eigenvalue weighted by atomic mass is 10.3. The molecule has 1 unspecified atom stereocenters. The zero-order chi connectivity index (χ0) is 19.2. The zero-order valence-corrected chi connectivity index (χ0v) is 13.1. The largest absolute Gasteiger partial charge is 0.455 e. The van der Waals surface area contributed by atoms with Crippen LogP contribution in [0, 0.1) is 0 Å². The van der Waals surface area contributed by atoms with Crippen molar-refractivity contribution in [1.82, 2.24) is 0 Å². The van der Waals surface area contributed by atoms with Crippen molar-refractivity contribution in [2.75, 3.05) is 33.1 Å². The first kappa shape index (κ1) is 23.5. The van der Waals surface area contributed by atoms with Gasteiger partial charge in [-0.3, -0.25) is 4.57 Å². The SMILES string of the molecule is C[PH](=O)OCCCOCC(F)(F)C(F)(F)OCC(F)(F)C(F)(F)F. The molecule has 0 radical (unpaired) electrons. The van der Waals surface area contributed by atoms with Gasteiger partial charge in [0.2, 0.25) is 0 Å². The second kappa shape index (κ2) is 8.72. The predicted octanol–water partition coefficient (Wildman–Crippen LogP) is 3.96. The highest BCUT2D eigenvalue weighted by atomic mass is 31.1. The van der Waals surface area contributed by atoms with Crippen molar-refractivity contribution in [3.8, 4) is 0 Å². The van der Waals surface area contributed by atoms with Gasteiger partial charge in [-0.25, -0.2) is 0 Å². The maximum Gasteiger partial charge on any atom is 0.455 e. The summed E-state index contributed by atoms with van der Waals surface area (Å²) in [5.74, 6) is -10.9. The Morgan fingerprint density at radius 3 is 1.83 bits per heavy atom. The minimum Gasteiger partial charge on any atom is -0.375 e. The van der Waals surface area contributed by atoms with E-state index in [0.29, 0.717) is 0 Å². The fourth-order valence-electron chi connectivity index (χ4n) is 1.03. The number of hydrogen-bond donors (Lipinski definition) is 0. The van der Waals surface area contributed by atoms with E-state index in [-0.39, 0.29) is 13.0 Å². The van der Waals surface area contributed by atoms with Gasteiger partial charge in [0.05, 0.1) is 6.61 Å². The van der Waals surface area contributed by atoms with E-state index in [1.807, 2.05) is 0 Å². The van der Waals surface area contributed by atoms with E-state index >= 15 is 0 Å². The quantitative estimate of drug-likeness (QED) is 0.299. The summed E-state index contributed by atoms with van der Waals surface area (Å²) in [5.41, 5.74) is 0. The Morgan fingerprint density at radius 1 is 0.833 bits per heavy atom. The third-order valence-corrected chi connectivity index (χ3v) is 2.91. The molecule has 0 saturated carbocycles. The third kappa shape index (κ3) is 7.58. The predicted molar refractivity (Wildman–Crippen MR) is 63.2 cm³/mol. The molecule has 0 aromatic rings. The lowest BCUT2D eigenvalue weighted by Crippen LogP contribution is -2.50. The molecule has 0 spiro atoms. The van der Waals surface area contributed by atoms with Crippen LogP contribution >= 0.6 is 8.03 Å². The second-order valence-corrected chi connectivity index (χ2v) is 5.73. The average Bonchev–Trinajstić information content (AvgIpc) is 2.39. The normalized spacial score (nSPS) is 15.6. The van der Waals surface area contributed by atoms with Gasteiger partial charge in [0, 0.05) is 13.3 Å². The van der Waals surface area contributed by atoms with Gasteiger partial charge < -0.3 is 14.0 Å². The lowest BCUT2D eigenvalue weighted by molar-refractivity contribution is -0.385. The molecule has 1 atom stereocenters. The first-order valence-electron chi connectivity index (χ1n) is 6.18. The van der Waals surface area contributed by atoms with Crippen LogP contribution in [-0.2, 0) is 18.6 Å². The van der Waals surface area contributed by atoms with Crippen molar-refractivity contribution in [3.05, 3.63) is 0 Å². The molecule has 0 aliphatic rings. The standard InChI is InChI=1S/C10H14F9O4P/c1-24(20)23-4-2-3-21-5-8(13,14)10(18,19)22-6-7(11,12)9(15,16)17/h24H,2-6H2,1H3. The summed E-state index contributed by atoms with van der Waals surface area (Å²) in [5, 5.41) is 0. The van der Waals surface area contributed by atoms with Crippen molar-refractivity contribution in [2.45, 2.75) is 30.6 Å². The Hall–Kier alpha value is -0.520. The van der Waals surface area contributed by atoms with E-state index in [2.05, 4.69) is 14.0 Å². The topological polar surface area (TPSA) is 44.8 Å². The van der Waals surface area contributed by atoms with Gasteiger partial charge in [0.1, 0.15) is 13.2 Å². The Morgan fingerprint density at radius 2 is 1.38 bits per heavy atom. The summed E-state index contributed by atoms with van der Waals surface area (Å²) >= 11 is 0. The Labute approximate surface area is 131 Å². The summed E-state index contributed by atoms with van der Waals surface area (Å²) in [6.45, 7) is -4.41. The summed E-state index contributed by atoms with van der Waals surface area (Å²) in [6, 6.07) is 0. The molecule has 0 aliphatic carbocycles. The Balaban J connectivity index is 4.41. The fraction of sp³-hybridized carbons (Fsp3) is 1.00. The van der Waals surface area contributed by atoms with Gasteiger partial charge in [0.25, 0.3) is 0 Å². The van der Waals surface area contributed by atoms with Crippen molar-refractivity contribution in [2.24, 2.45) is 0 Å². The highest BCUT2D eigenvalue weighted by Gasteiger charge is 2.63. The number of alkyl halides is 9. The van der Waals surface area contributed by atoms with Gasteiger partial charge in [-0.2, -0.15) is 39.5 Å². The van der Waals surface area contributed by atoms with Gasteiger partial charge in [-0.05, 0) is 6.42 Å².